The highest BCUT2D eigenvalue weighted by Gasteiger charge is 2.57. The van der Waals surface area contributed by atoms with Crippen LogP contribution in [0.25, 0.3) is 0 Å². The zero-order chi connectivity index (χ0) is 15.7. The summed E-state index contributed by atoms with van der Waals surface area (Å²) in [6.45, 7) is 7.23. The first-order valence-electron chi connectivity index (χ1n) is 6.65. The molecule has 0 aromatic carbocycles. The van der Waals surface area contributed by atoms with Crippen molar-refractivity contribution in [3.8, 4) is 0 Å². The summed E-state index contributed by atoms with van der Waals surface area (Å²) in [4.78, 5) is 26.1. The van der Waals surface area contributed by atoms with Crippen LogP contribution in [-0.4, -0.2) is 55.5 Å². The lowest BCUT2D eigenvalue weighted by molar-refractivity contribution is -0.282. The van der Waals surface area contributed by atoms with Gasteiger partial charge in [0.25, 0.3) is 0 Å². The van der Waals surface area contributed by atoms with Crippen LogP contribution in [0.1, 0.15) is 34.1 Å². The van der Waals surface area contributed by atoms with Crippen molar-refractivity contribution in [2.24, 2.45) is 5.92 Å². The fourth-order valence-electron chi connectivity index (χ4n) is 2.80. The fourth-order valence-corrected chi connectivity index (χ4v) is 2.80. The molecule has 1 aliphatic heterocycles. The van der Waals surface area contributed by atoms with E-state index in [0.29, 0.717) is 0 Å². The second kappa shape index (κ2) is 5.79. The van der Waals surface area contributed by atoms with E-state index in [9.17, 15) is 9.59 Å². The van der Waals surface area contributed by atoms with Crippen molar-refractivity contribution in [3.05, 3.63) is 0 Å². The van der Waals surface area contributed by atoms with E-state index in [4.69, 9.17) is 14.2 Å². The maximum atomic E-state index is 12.6. The Morgan fingerprint density at radius 3 is 1.95 bits per heavy atom. The van der Waals surface area contributed by atoms with Crippen LogP contribution in [0, 0.1) is 5.92 Å². The zero-order valence-corrected chi connectivity index (χ0v) is 13.4. The Morgan fingerprint density at radius 2 is 1.65 bits per heavy atom. The number of hydrogen-bond donors (Lipinski definition) is 0. The maximum absolute atomic E-state index is 12.6. The molecule has 2 unspecified atom stereocenters. The van der Waals surface area contributed by atoms with E-state index in [1.165, 1.54) is 26.2 Å². The highest BCUT2D eigenvalue weighted by molar-refractivity contribution is 6.04. The molecule has 0 spiro atoms. The van der Waals surface area contributed by atoms with Gasteiger partial charge in [-0.2, -0.15) is 0 Å². The Labute approximate surface area is 120 Å². The van der Waals surface area contributed by atoms with Crippen LogP contribution >= 0.6 is 0 Å². The summed E-state index contributed by atoms with van der Waals surface area (Å²) >= 11 is 0. The Balaban J connectivity index is 3.19. The molecule has 116 valence electrons. The molecule has 1 fully saturated rings. The monoisotopic (exact) mass is 287 g/mol. The first-order chi connectivity index (χ1) is 9.15. The van der Waals surface area contributed by atoms with E-state index >= 15 is 0 Å². The Morgan fingerprint density at radius 1 is 1.15 bits per heavy atom. The lowest BCUT2D eigenvalue weighted by Crippen LogP contribution is -2.55. The van der Waals surface area contributed by atoms with Gasteiger partial charge in [-0.15, -0.1) is 0 Å². The van der Waals surface area contributed by atoms with Crippen LogP contribution in [0.2, 0.25) is 0 Å². The standard InChI is InChI=1S/C14H25NO5/c1-9(18-5)14(19-6,20-7)10-8-11(16)15(12(10)17)13(2,3)4/h9-10H,8H2,1-7H3. The molecule has 6 nitrogen and oxygen atoms in total. The van der Waals surface area contributed by atoms with Crippen molar-refractivity contribution >= 4 is 11.8 Å². The SMILES string of the molecule is COC(C)C(OC)(OC)C1CC(=O)N(C(C)(C)C)C1=O. The third kappa shape index (κ3) is 2.60. The van der Waals surface area contributed by atoms with Gasteiger partial charge in [-0.25, -0.2) is 0 Å². The van der Waals surface area contributed by atoms with Gasteiger partial charge < -0.3 is 14.2 Å². The summed E-state index contributed by atoms with van der Waals surface area (Å²) in [6, 6.07) is 0. The molecule has 2 amide bonds. The first-order valence-corrected chi connectivity index (χ1v) is 6.65. The fraction of sp³-hybridized carbons (Fsp3) is 0.857. The Kier molecular flexibility index (Phi) is 4.94. The molecular formula is C14H25NO5. The van der Waals surface area contributed by atoms with E-state index in [-0.39, 0.29) is 18.2 Å². The van der Waals surface area contributed by atoms with Crippen LogP contribution in [0.3, 0.4) is 0 Å². The molecule has 0 bridgehead atoms. The molecule has 0 aromatic rings. The number of nitrogens with zero attached hydrogens (tertiary/aromatic N) is 1. The number of likely N-dealkylation sites (tertiary alicyclic amines) is 1. The van der Waals surface area contributed by atoms with Gasteiger partial charge in [0.05, 0.1) is 0 Å². The minimum absolute atomic E-state index is 0.0610. The van der Waals surface area contributed by atoms with E-state index < -0.39 is 23.3 Å². The summed E-state index contributed by atoms with van der Waals surface area (Å²) in [5, 5.41) is 0. The Hall–Kier alpha value is -0.980. The molecule has 6 heteroatoms. The number of carbonyl (C=O) groups excluding carboxylic acids is 2. The topological polar surface area (TPSA) is 65.1 Å². The van der Waals surface area contributed by atoms with Crippen LogP contribution in [-0.2, 0) is 23.8 Å². The number of amides is 2. The second-order valence-electron chi connectivity index (χ2n) is 6.00. The smallest absolute Gasteiger partial charge is 0.238 e. The van der Waals surface area contributed by atoms with Gasteiger partial charge in [-0.3, -0.25) is 14.5 Å². The summed E-state index contributed by atoms with van der Waals surface area (Å²) in [5.74, 6) is -2.47. The molecule has 0 saturated carbocycles. The molecule has 20 heavy (non-hydrogen) atoms. The largest absolute Gasteiger partial charge is 0.376 e. The number of hydrogen-bond acceptors (Lipinski definition) is 5. The number of carbonyl (C=O) groups is 2. The van der Waals surface area contributed by atoms with Gasteiger partial charge in [-0.1, -0.05) is 0 Å². The molecule has 0 aliphatic carbocycles. The number of imide groups is 1. The molecule has 1 aliphatic rings. The predicted molar refractivity (Wildman–Crippen MR) is 72.9 cm³/mol. The van der Waals surface area contributed by atoms with E-state index in [1.807, 2.05) is 20.8 Å². The summed E-state index contributed by atoms with van der Waals surface area (Å²) in [7, 11) is 4.42. The van der Waals surface area contributed by atoms with Crippen molar-refractivity contribution in [1.29, 1.82) is 0 Å². The molecule has 0 radical (unpaired) electrons. The molecule has 0 aromatic heterocycles. The normalized spacial score (nSPS) is 22.6. The van der Waals surface area contributed by atoms with Crippen LogP contribution in [0.15, 0.2) is 0 Å². The minimum atomic E-state index is -1.26. The van der Waals surface area contributed by atoms with Crippen molar-refractivity contribution in [3.63, 3.8) is 0 Å². The highest BCUT2D eigenvalue weighted by Crippen LogP contribution is 2.38. The molecule has 0 N–H and O–H groups in total. The van der Waals surface area contributed by atoms with Crippen molar-refractivity contribution in [2.45, 2.75) is 51.5 Å². The zero-order valence-electron chi connectivity index (χ0n) is 13.4. The van der Waals surface area contributed by atoms with Crippen molar-refractivity contribution in [1.82, 2.24) is 4.90 Å². The van der Waals surface area contributed by atoms with Gasteiger partial charge in [0.15, 0.2) is 0 Å². The lowest BCUT2D eigenvalue weighted by Gasteiger charge is -2.39. The minimum Gasteiger partial charge on any atom is -0.376 e. The van der Waals surface area contributed by atoms with Crippen molar-refractivity contribution < 1.29 is 23.8 Å². The molecule has 2 atom stereocenters. The first kappa shape index (κ1) is 17.1. The van der Waals surface area contributed by atoms with Gasteiger partial charge in [0, 0.05) is 33.3 Å². The van der Waals surface area contributed by atoms with Gasteiger partial charge in [0.1, 0.15) is 12.0 Å². The molecule has 1 heterocycles. The predicted octanol–water partition coefficient (Wildman–Crippen LogP) is 1.18. The summed E-state index contributed by atoms with van der Waals surface area (Å²) in [6.07, 6.45) is -0.426. The Bertz CT molecular complexity index is 384. The van der Waals surface area contributed by atoms with E-state index in [0.717, 1.165) is 0 Å². The van der Waals surface area contributed by atoms with Crippen LogP contribution in [0.4, 0.5) is 0 Å². The maximum Gasteiger partial charge on any atom is 0.238 e. The van der Waals surface area contributed by atoms with E-state index in [2.05, 4.69) is 0 Å². The summed E-state index contributed by atoms with van der Waals surface area (Å²) < 4.78 is 16.2. The third-order valence-corrected chi connectivity index (χ3v) is 3.86. The third-order valence-electron chi connectivity index (χ3n) is 3.86. The van der Waals surface area contributed by atoms with Crippen LogP contribution < -0.4 is 0 Å². The van der Waals surface area contributed by atoms with Gasteiger partial charge in [0.2, 0.25) is 17.6 Å². The molecule has 1 saturated heterocycles. The second-order valence-corrected chi connectivity index (χ2v) is 6.00. The summed E-state index contributed by atoms with van der Waals surface area (Å²) in [5.41, 5.74) is -0.563. The quantitative estimate of drug-likeness (QED) is 0.561. The van der Waals surface area contributed by atoms with Gasteiger partial charge in [-0.05, 0) is 27.7 Å². The lowest BCUT2D eigenvalue weighted by atomic mass is 9.91. The highest BCUT2D eigenvalue weighted by atomic mass is 16.7. The van der Waals surface area contributed by atoms with Crippen molar-refractivity contribution in [2.75, 3.05) is 21.3 Å². The van der Waals surface area contributed by atoms with E-state index in [1.54, 1.807) is 6.92 Å². The molecule has 1 rings (SSSR count). The average Bonchev–Trinajstić information content (AvgIpc) is 2.67. The number of ether oxygens (including phenoxy) is 3. The van der Waals surface area contributed by atoms with Gasteiger partial charge >= 0.3 is 0 Å². The number of methoxy groups -OCH3 is 3. The number of rotatable bonds is 5. The van der Waals surface area contributed by atoms with Crippen LogP contribution in [0.5, 0.6) is 0 Å². The molecular weight excluding hydrogens is 262 g/mol. The average molecular weight is 287 g/mol.